The molecule has 10 nitrogen and oxygen atoms in total. The van der Waals surface area contributed by atoms with Crippen LogP contribution in [0.15, 0.2) is 64.3 Å². The normalized spacial score (nSPS) is 11.8. The van der Waals surface area contributed by atoms with Crippen LogP contribution in [0, 0.1) is 12.8 Å². The van der Waals surface area contributed by atoms with Crippen molar-refractivity contribution >= 4 is 27.6 Å². The van der Waals surface area contributed by atoms with Crippen molar-refractivity contribution in [3.63, 3.8) is 0 Å². The van der Waals surface area contributed by atoms with E-state index >= 15 is 0 Å². The summed E-state index contributed by atoms with van der Waals surface area (Å²) in [6.07, 6.45) is -3.71. The maximum Gasteiger partial charge on any atom is 0.416 e. The maximum atomic E-state index is 13.5. The van der Waals surface area contributed by atoms with Crippen molar-refractivity contribution in [2.75, 3.05) is 6.26 Å². The SMILES string of the molecule is Cc1c(C(=O)N(N)C(=O)C(C)C)cc(C(=O)NCc2ccc(S(C)(=O)=O)cc2)c(=O)n1-c1cccc(C(F)(F)F)c1. The summed E-state index contributed by atoms with van der Waals surface area (Å²) in [6.45, 7) is 4.10. The zero-order valence-corrected chi connectivity index (χ0v) is 23.3. The lowest BCUT2D eigenvalue weighted by Crippen LogP contribution is -2.46. The Labute approximate surface area is 233 Å². The number of pyridine rings is 1. The lowest BCUT2D eigenvalue weighted by Gasteiger charge is -2.21. The maximum absolute atomic E-state index is 13.5. The van der Waals surface area contributed by atoms with Gasteiger partial charge in [-0.1, -0.05) is 32.0 Å². The molecule has 0 bridgehead atoms. The van der Waals surface area contributed by atoms with Gasteiger partial charge in [0, 0.05) is 30.1 Å². The Morgan fingerprint density at radius 3 is 2.17 bits per heavy atom. The minimum atomic E-state index is -4.74. The molecule has 0 fully saturated rings. The van der Waals surface area contributed by atoms with Gasteiger partial charge in [0.1, 0.15) is 5.56 Å². The highest BCUT2D eigenvalue weighted by Gasteiger charge is 2.32. The number of imide groups is 1. The number of carbonyl (C=O) groups is 3. The fourth-order valence-corrected chi connectivity index (χ4v) is 4.49. The van der Waals surface area contributed by atoms with Gasteiger partial charge in [-0.3, -0.25) is 23.7 Å². The molecule has 1 aromatic heterocycles. The second-order valence-corrected chi connectivity index (χ2v) is 11.5. The highest BCUT2D eigenvalue weighted by molar-refractivity contribution is 7.90. The Morgan fingerprint density at radius 1 is 1.02 bits per heavy atom. The van der Waals surface area contributed by atoms with Crippen LogP contribution in [0.25, 0.3) is 5.69 Å². The monoisotopic (exact) mass is 592 g/mol. The predicted molar refractivity (Wildman–Crippen MR) is 143 cm³/mol. The van der Waals surface area contributed by atoms with Gasteiger partial charge in [0.15, 0.2) is 9.84 Å². The molecule has 3 aromatic rings. The predicted octanol–water partition coefficient (Wildman–Crippen LogP) is 3.00. The second kappa shape index (κ2) is 11.7. The van der Waals surface area contributed by atoms with Crippen LogP contribution >= 0.6 is 0 Å². The molecule has 3 amide bonds. The van der Waals surface area contributed by atoms with Crippen molar-refractivity contribution in [2.24, 2.45) is 11.8 Å². The van der Waals surface area contributed by atoms with E-state index in [1.807, 2.05) is 0 Å². The fraction of sp³-hybridized carbons (Fsp3) is 0.259. The summed E-state index contributed by atoms with van der Waals surface area (Å²) in [7, 11) is -3.45. The van der Waals surface area contributed by atoms with Gasteiger partial charge in [0.25, 0.3) is 17.4 Å². The van der Waals surface area contributed by atoms with Gasteiger partial charge >= 0.3 is 6.18 Å². The molecule has 0 aliphatic heterocycles. The number of alkyl halides is 3. The number of aromatic nitrogens is 1. The van der Waals surface area contributed by atoms with E-state index in [-0.39, 0.29) is 28.4 Å². The Hall–Kier alpha value is -4.30. The number of hydrazine groups is 1. The molecule has 0 saturated carbocycles. The molecule has 2 aromatic carbocycles. The first-order chi connectivity index (χ1) is 18.9. The summed E-state index contributed by atoms with van der Waals surface area (Å²) < 4.78 is 64.4. The van der Waals surface area contributed by atoms with Crippen molar-refractivity contribution in [3.05, 3.63) is 92.9 Å². The van der Waals surface area contributed by atoms with Gasteiger partial charge in [-0.25, -0.2) is 19.3 Å². The van der Waals surface area contributed by atoms with Crippen LogP contribution in [0.2, 0.25) is 0 Å². The molecule has 218 valence electrons. The first kappa shape index (κ1) is 31.2. The van der Waals surface area contributed by atoms with Crippen LogP contribution in [0.3, 0.4) is 0 Å². The number of nitrogens with one attached hydrogen (secondary N) is 1. The number of amides is 3. The molecule has 0 aliphatic carbocycles. The largest absolute Gasteiger partial charge is 0.416 e. The molecule has 0 radical (unpaired) electrons. The van der Waals surface area contributed by atoms with Crippen molar-refractivity contribution in [1.82, 2.24) is 14.9 Å². The molecule has 0 saturated heterocycles. The van der Waals surface area contributed by atoms with Crippen molar-refractivity contribution in [1.29, 1.82) is 0 Å². The summed E-state index contributed by atoms with van der Waals surface area (Å²) >= 11 is 0. The summed E-state index contributed by atoms with van der Waals surface area (Å²) in [6, 6.07) is 10.2. The van der Waals surface area contributed by atoms with Crippen molar-refractivity contribution < 1.29 is 36.0 Å². The first-order valence-corrected chi connectivity index (χ1v) is 14.0. The molecule has 3 N–H and O–H groups in total. The number of nitrogens with zero attached hydrogens (tertiary/aromatic N) is 2. The smallest absolute Gasteiger partial charge is 0.348 e. The van der Waals surface area contributed by atoms with E-state index in [1.165, 1.54) is 51.1 Å². The second-order valence-electron chi connectivity index (χ2n) is 9.51. The van der Waals surface area contributed by atoms with Gasteiger partial charge < -0.3 is 5.32 Å². The molecule has 41 heavy (non-hydrogen) atoms. The average molecular weight is 593 g/mol. The number of rotatable bonds is 7. The minimum Gasteiger partial charge on any atom is -0.348 e. The number of benzene rings is 2. The van der Waals surface area contributed by atoms with E-state index in [4.69, 9.17) is 5.84 Å². The molecule has 1 heterocycles. The van der Waals surface area contributed by atoms with Crippen LogP contribution in [-0.4, -0.2) is 42.0 Å². The number of halogens is 3. The highest BCUT2D eigenvalue weighted by atomic mass is 32.2. The van der Waals surface area contributed by atoms with Crippen LogP contribution in [0.1, 0.15) is 51.4 Å². The Kier molecular flexibility index (Phi) is 8.89. The van der Waals surface area contributed by atoms with Crippen LogP contribution in [0.5, 0.6) is 0 Å². The Bertz CT molecular complexity index is 1680. The van der Waals surface area contributed by atoms with E-state index in [0.717, 1.165) is 29.0 Å². The zero-order chi connectivity index (χ0) is 30.9. The van der Waals surface area contributed by atoms with Gasteiger partial charge in [0.2, 0.25) is 5.91 Å². The molecule has 3 rings (SSSR count). The summed E-state index contributed by atoms with van der Waals surface area (Å²) in [5.41, 5.74) is -3.02. The highest BCUT2D eigenvalue weighted by Crippen LogP contribution is 2.30. The number of hydrogen-bond acceptors (Lipinski definition) is 7. The third-order valence-corrected chi connectivity index (χ3v) is 7.24. The van der Waals surface area contributed by atoms with Crippen molar-refractivity contribution in [2.45, 2.75) is 38.4 Å². The molecule has 0 unspecified atom stereocenters. The lowest BCUT2D eigenvalue weighted by molar-refractivity contribution is -0.137. The molecule has 0 atom stereocenters. The van der Waals surface area contributed by atoms with Gasteiger partial charge in [-0.2, -0.15) is 13.2 Å². The summed E-state index contributed by atoms with van der Waals surface area (Å²) in [4.78, 5) is 52.3. The third-order valence-electron chi connectivity index (χ3n) is 6.11. The fourth-order valence-electron chi connectivity index (χ4n) is 3.86. The number of nitrogens with two attached hydrogens (primary N) is 1. The summed E-state index contributed by atoms with van der Waals surface area (Å²) in [5, 5.41) is 2.80. The van der Waals surface area contributed by atoms with E-state index in [1.54, 1.807) is 0 Å². The van der Waals surface area contributed by atoms with Crippen LogP contribution in [0.4, 0.5) is 13.2 Å². The number of carbonyl (C=O) groups excluding carboxylic acids is 3. The third kappa shape index (κ3) is 6.89. The van der Waals surface area contributed by atoms with E-state index in [0.29, 0.717) is 16.6 Å². The lowest BCUT2D eigenvalue weighted by atomic mass is 10.1. The van der Waals surface area contributed by atoms with Gasteiger partial charge in [0.05, 0.1) is 16.0 Å². The quantitative estimate of drug-likeness (QED) is 0.243. The van der Waals surface area contributed by atoms with Gasteiger partial charge in [-0.05, 0) is 48.9 Å². The Morgan fingerprint density at radius 2 is 1.63 bits per heavy atom. The molecule has 14 heteroatoms. The van der Waals surface area contributed by atoms with Gasteiger partial charge in [-0.15, -0.1) is 0 Å². The van der Waals surface area contributed by atoms with Crippen LogP contribution < -0.4 is 16.7 Å². The minimum absolute atomic E-state index is 0.0560. The first-order valence-electron chi connectivity index (χ1n) is 12.1. The van der Waals surface area contributed by atoms with Crippen LogP contribution in [-0.2, 0) is 27.4 Å². The van der Waals surface area contributed by atoms with E-state index in [2.05, 4.69) is 5.32 Å². The number of hydrogen-bond donors (Lipinski definition) is 2. The zero-order valence-electron chi connectivity index (χ0n) is 22.4. The van der Waals surface area contributed by atoms with E-state index in [9.17, 15) is 40.8 Å². The molecular weight excluding hydrogens is 565 g/mol. The molecule has 0 spiro atoms. The van der Waals surface area contributed by atoms with E-state index < -0.39 is 56.3 Å². The molecule has 0 aliphatic rings. The standard InChI is InChI=1S/C27H27F3N4O6S/c1-15(2)24(36)34(31)26(38)21-13-22(23(35)32-14-17-8-10-20(11-9-17)41(4,39)40)25(37)33(16(21)3)19-7-5-6-18(12-19)27(28,29)30/h5-13,15H,14,31H2,1-4H3,(H,32,35). The topological polar surface area (TPSA) is 149 Å². The van der Waals surface area contributed by atoms with Crippen molar-refractivity contribution in [3.8, 4) is 5.69 Å². The summed E-state index contributed by atoms with van der Waals surface area (Å²) in [5.74, 6) is 2.22. The molecular formula is C27H27F3N4O6S. The average Bonchev–Trinajstić information content (AvgIpc) is 2.90. The Balaban J connectivity index is 2.12. The number of sulfone groups is 1.